The first-order chi connectivity index (χ1) is 27.7. The van der Waals surface area contributed by atoms with E-state index in [1.165, 1.54) is 42.1 Å². The molecule has 0 saturated carbocycles. The molecule has 56 heavy (non-hydrogen) atoms. The summed E-state index contributed by atoms with van der Waals surface area (Å²) in [7, 11) is 0. The van der Waals surface area contributed by atoms with E-state index in [1.807, 2.05) is 35.6 Å². The highest BCUT2D eigenvalue weighted by atomic mass is 32.1. The standard InChI is InChI=1S/C51H32N4S/c1-3-14-33(15-4-1)35-18-11-19-37(30-35)50-52-49(34-16-5-2-6-17-34)53-51(54-50)38-20-12-21-39(31-38)55-45-26-9-7-22-41(45)42-29-28-36(32-46(42)55)40-24-13-25-44-43-23-8-10-27-47(43)56-48(40)44/h1-32H. The van der Waals surface area contributed by atoms with E-state index < -0.39 is 0 Å². The average Bonchev–Trinajstić information content (AvgIpc) is 3.83. The van der Waals surface area contributed by atoms with Crippen LogP contribution in [0.4, 0.5) is 0 Å². The molecule has 0 amide bonds. The van der Waals surface area contributed by atoms with Crippen molar-refractivity contribution in [1.82, 2.24) is 19.5 Å². The topological polar surface area (TPSA) is 43.6 Å². The number of rotatable bonds is 6. The molecule has 0 aliphatic heterocycles. The Morgan fingerprint density at radius 1 is 0.339 bits per heavy atom. The largest absolute Gasteiger partial charge is 0.309 e. The van der Waals surface area contributed by atoms with Crippen LogP contribution in [0.15, 0.2) is 194 Å². The van der Waals surface area contributed by atoms with E-state index in [9.17, 15) is 0 Å². The Balaban J connectivity index is 1.08. The molecular weight excluding hydrogens is 701 g/mol. The molecule has 0 atom stereocenters. The van der Waals surface area contributed by atoms with E-state index in [0.717, 1.165) is 44.5 Å². The minimum Gasteiger partial charge on any atom is -0.309 e. The van der Waals surface area contributed by atoms with Gasteiger partial charge in [-0.15, -0.1) is 11.3 Å². The fraction of sp³-hybridized carbons (Fsp3) is 0. The molecule has 11 rings (SSSR count). The number of para-hydroxylation sites is 1. The van der Waals surface area contributed by atoms with E-state index in [-0.39, 0.29) is 0 Å². The lowest BCUT2D eigenvalue weighted by Crippen LogP contribution is -2.01. The Kier molecular flexibility index (Phi) is 7.64. The number of benzene rings is 8. The summed E-state index contributed by atoms with van der Waals surface area (Å²) in [6.45, 7) is 0. The second-order valence-corrected chi connectivity index (χ2v) is 15.1. The van der Waals surface area contributed by atoms with Crippen LogP contribution in [0.2, 0.25) is 0 Å². The van der Waals surface area contributed by atoms with Crippen molar-refractivity contribution >= 4 is 53.3 Å². The van der Waals surface area contributed by atoms with Gasteiger partial charge in [-0.25, -0.2) is 15.0 Å². The Bertz CT molecular complexity index is 3250. The molecule has 5 heteroatoms. The number of hydrogen-bond donors (Lipinski definition) is 0. The number of hydrogen-bond acceptors (Lipinski definition) is 4. The fourth-order valence-electron chi connectivity index (χ4n) is 7.99. The van der Waals surface area contributed by atoms with Gasteiger partial charge in [0.1, 0.15) is 0 Å². The van der Waals surface area contributed by atoms with Gasteiger partial charge in [-0.05, 0) is 58.7 Å². The highest BCUT2D eigenvalue weighted by Gasteiger charge is 2.18. The lowest BCUT2D eigenvalue weighted by molar-refractivity contribution is 1.07. The van der Waals surface area contributed by atoms with Gasteiger partial charge in [0.2, 0.25) is 0 Å². The highest BCUT2D eigenvalue weighted by molar-refractivity contribution is 7.26. The van der Waals surface area contributed by atoms with E-state index in [4.69, 9.17) is 15.0 Å². The number of thiophene rings is 1. The fourth-order valence-corrected chi connectivity index (χ4v) is 9.23. The predicted octanol–water partition coefficient (Wildman–Crippen LogP) is 13.7. The molecule has 0 bridgehead atoms. The van der Waals surface area contributed by atoms with Crippen LogP contribution in [-0.2, 0) is 0 Å². The Morgan fingerprint density at radius 3 is 1.71 bits per heavy atom. The Morgan fingerprint density at radius 2 is 0.911 bits per heavy atom. The molecule has 0 aliphatic rings. The normalized spacial score (nSPS) is 11.6. The summed E-state index contributed by atoms with van der Waals surface area (Å²) in [5.74, 6) is 1.89. The average molecular weight is 733 g/mol. The maximum absolute atomic E-state index is 5.15. The van der Waals surface area contributed by atoms with Crippen LogP contribution in [0.5, 0.6) is 0 Å². The van der Waals surface area contributed by atoms with Gasteiger partial charge in [-0.1, -0.05) is 158 Å². The lowest BCUT2D eigenvalue weighted by atomic mass is 10.0. The van der Waals surface area contributed by atoms with Gasteiger partial charge < -0.3 is 4.57 Å². The first kappa shape index (κ1) is 32.2. The van der Waals surface area contributed by atoms with Crippen molar-refractivity contribution in [2.24, 2.45) is 0 Å². The van der Waals surface area contributed by atoms with Gasteiger partial charge in [0.15, 0.2) is 17.5 Å². The van der Waals surface area contributed by atoms with Crippen molar-refractivity contribution in [2.45, 2.75) is 0 Å². The van der Waals surface area contributed by atoms with Crippen LogP contribution in [0, 0.1) is 0 Å². The molecule has 0 radical (unpaired) electrons. The SMILES string of the molecule is c1ccc(-c2cccc(-c3nc(-c4ccccc4)nc(-c4cccc(-n5c6ccccc6c6ccc(-c7cccc8c7sc7ccccc78)cc65)c4)n3)c2)cc1. The number of nitrogens with zero attached hydrogens (tertiary/aromatic N) is 4. The van der Waals surface area contributed by atoms with Crippen LogP contribution >= 0.6 is 11.3 Å². The molecule has 0 saturated heterocycles. The first-order valence-corrected chi connectivity index (χ1v) is 19.6. The van der Waals surface area contributed by atoms with Crippen molar-refractivity contribution in [3.05, 3.63) is 194 Å². The molecule has 0 N–H and O–H groups in total. The van der Waals surface area contributed by atoms with E-state index in [0.29, 0.717) is 17.5 Å². The second kappa shape index (κ2) is 13.3. The Hall–Kier alpha value is -7.21. The summed E-state index contributed by atoms with van der Waals surface area (Å²) in [5, 5.41) is 5.04. The molecule has 4 nitrogen and oxygen atoms in total. The van der Waals surface area contributed by atoms with Gasteiger partial charge in [-0.3, -0.25) is 0 Å². The van der Waals surface area contributed by atoms with Crippen molar-refractivity contribution in [3.8, 4) is 62.1 Å². The van der Waals surface area contributed by atoms with Gasteiger partial charge in [-0.2, -0.15) is 0 Å². The number of fused-ring (bicyclic) bond motifs is 6. The lowest BCUT2D eigenvalue weighted by Gasteiger charge is -2.12. The first-order valence-electron chi connectivity index (χ1n) is 18.8. The molecule has 0 spiro atoms. The Labute approximate surface area is 327 Å². The minimum atomic E-state index is 0.624. The van der Waals surface area contributed by atoms with Gasteiger partial charge >= 0.3 is 0 Å². The van der Waals surface area contributed by atoms with Crippen LogP contribution in [0.3, 0.4) is 0 Å². The van der Waals surface area contributed by atoms with Crippen molar-refractivity contribution < 1.29 is 0 Å². The monoisotopic (exact) mass is 732 g/mol. The zero-order valence-electron chi connectivity index (χ0n) is 30.2. The van der Waals surface area contributed by atoms with Gasteiger partial charge in [0.25, 0.3) is 0 Å². The van der Waals surface area contributed by atoms with Gasteiger partial charge in [0.05, 0.1) is 11.0 Å². The minimum absolute atomic E-state index is 0.624. The van der Waals surface area contributed by atoms with E-state index in [2.05, 4.69) is 174 Å². The second-order valence-electron chi connectivity index (χ2n) is 14.0. The van der Waals surface area contributed by atoms with Crippen LogP contribution in [0.25, 0.3) is 104 Å². The number of aromatic nitrogens is 4. The maximum atomic E-state index is 5.15. The van der Waals surface area contributed by atoms with E-state index >= 15 is 0 Å². The summed E-state index contributed by atoms with van der Waals surface area (Å²) >= 11 is 1.87. The van der Waals surface area contributed by atoms with Crippen LogP contribution < -0.4 is 0 Å². The molecule has 0 fully saturated rings. The van der Waals surface area contributed by atoms with Crippen molar-refractivity contribution in [2.75, 3.05) is 0 Å². The van der Waals surface area contributed by atoms with Gasteiger partial charge in [0, 0.05) is 53.3 Å². The summed E-state index contributed by atoms with van der Waals surface area (Å²) in [6, 6.07) is 68.6. The molecular formula is C51H32N4S. The van der Waals surface area contributed by atoms with Crippen LogP contribution in [0.1, 0.15) is 0 Å². The zero-order valence-corrected chi connectivity index (χ0v) is 31.0. The predicted molar refractivity (Wildman–Crippen MR) is 234 cm³/mol. The van der Waals surface area contributed by atoms with Crippen molar-refractivity contribution in [1.29, 1.82) is 0 Å². The third kappa shape index (κ3) is 5.48. The summed E-state index contributed by atoms with van der Waals surface area (Å²) in [6.07, 6.45) is 0. The van der Waals surface area contributed by atoms with Crippen LogP contribution in [-0.4, -0.2) is 19.5 Å². The molecule has 3 heterocycles. The molecule has 8 aromatic carbocycles. The quantitative estimate of drug-likeness (QED) is 0.171. The third-order valence-corrected chi connectivity index (χ3v) is 11.9. The van der Waals surface area contributed by atoms with Crippen molar-refractivity contribution in [3.63, 3.8) is 0 Å². The molecule has 3 aromatic heterocycles. The maximum Gasteiger partial charge on any atom is 0.164 e. The molecule has 11 aromatic rings. The summed E-state index contributed by atoms with van der Waals surface area (Å²) in [4.78, 5) is 15.3. The molecule has 0 aliphatic carbocycles. The molecule has 0 unspecified atom stereocenters. The smallest absolute Gasteiger partial charge is 0.164 e. The third-order valence-electron chi connectivity index (χ3n) is 10.6. The zero-order chi connectivity index (χ0) is 37.0. The summed E-state index contributed by atoms with van der Waals surface area (Å²) < 4.78 is 5.00. The van der Waals surface area contributed by atoms with E-state index in [1.54, 1.807) is 0 Å². The summed E-state index contributed by atoms with van der Waals surface area (Å²) in [5.41, 5.74) is 10.8. The molecule has 262 valence electrons. The highest BCUT2D eigenvalue weighted by Crippen LogP contribution is 2.42.